The molecule has 0 aromatic carbocycles. The second-order valence-corrected chi connectivity index (χ2v) is 4.52. The van der Waals surface area contributed by atoms with Crippen molar-refractivity contribution in [2.24, 2.45) is 0 Å². The van der Waals surface area contributed by atoms with Gasteiger partial charge in [0.05, 0.1) is 13.2 Å². The second kappa shape index (κ2) is 8.74. The van der Waals surface area contributed by atoms with E-state index in [0.29, 0.717) is 0 Å². The fourth-order valence-electron chi connectivity index (χ4n) is 2.08. The molecule has 0 spiro atoms. The molecule has 1 heterocycles. The van der Waals surface area contributed by atoms with E-state index in [1.54, 1.807) is 0 Å². The van der Waals surface area contributed by atoms with Crippen molar-refractivity contribution in [2.75, 3.05) is 39.9 Å². The zero-order valence-corrected chi connectivity index (χ0v) is 10.6. The van der Waals surface area contributed by atoms with Crippen molar-refractivity contribution < 1.29 is 4.74 Å². The predicted molar refractivity (Wildman–Crippen MR) is 68.8 cm³/mol. The molecule has 3 nitrogen and oxygen atoms in total. The zero-order chi connectivity index (χ0) is 11.6. The maximum absolute atomic E-state index is 5.44. The Hall–Kier alpha value is -0.380. The number of nitrogens with one attached hydrogen (secondary N) is 1. The van der Waals surface area contributed by atoms with Crippen molar-refractivity contribution in [3.05, 3.63) is 12.7 Å². The summed E-state index contributed by atoms with van der Waals surface area (Å²) < 4.78 is 5.44. The number of likely N-dealkylation sites (N-methyl/N-ethyl adjacent to an activating group) is 1. The van der Waals surface area contributed by atoms with Crippen LogP contribution in [0.1, 0.15) is 25.7 Å². The Kier molecular flexibility index (Phi) is 7.47. The topological polar surface area (TPSA) is 24.5 Å². The third-order valence-electron chi connectivity index (χ3n) is 3.19. The molecule has 16 heavy (non-hydrogen) atoms. The summed E-state index contributed by atoms with van der Waals surface area (Å²) in [5.41, 5.74) is 0. The summed E-state index contributed by atoms with van der Waals surface area (Å²) in [6.07, 6.45) is 6.92. The van der Waals surface area contributed by atoms with E-state index < -0.39 is 0 Å². The lowest BCUT2D eigenvalue weighted by molar-refractivity contribution is 0.134. The summed E-state index contributed by atoms with van der Waals surface area (Å²) in [4.78, 5) is 2.47. The van der Waals surface area contributed by atoms with Gasteiger partial charge in [-0.2, -0.15) is 0 Å². The van der Waals surface area contributed by atoms with E-state index in [1.165, 1.54) is 25.8 Å². The largest absolute Gasteiger partial charge is 0.380 e. The Balaban J connectivity index is 1.91. The Bertz CT molecular complexity index is 185. The van der Waals surface area contributed by atoms with E-state index in [9.17, 15) is 0 Å². The highest BCUT2D eigenvalue weighted by Gasteiger charge is 2.17. The van der Waals surface area contributed by atoms with Gasteiger partial charge in [0, 0.05) is 19.1 Å². The summed E-state index contributed by atoms with van der Waals surface area (Å²) in [5.74, 6) is 0. The van der Waals surface area contributed by atoms with Crippen molar-refractivity contribution in [3.63, 3.8) is 0 Å². The maximum Gasteiger partial charge on any atom is 0.0591 e. The lowest BCUT2D eigenvalue weighted by atomic mass is 10.0. The first kappa shape index (κ1) is 13.7. The molecule has 1 atom stereocenters. The van der Waals surface area contributed by atoms with E-state index in [-0.39, 0.29) is 0 Å². The fourth-order valence-corrected chi connectivity index (χ4v) is 2.08. The minimum absolute atomic E-state index is 0.724. The maximum atomic E-state index is 5.44. The van der Waals surface area contributed by atoms with Gasteiger partial charge in [0.1, 0.15) is 0 Å². The molecule has 3 heteroatoms. The molecule has 0 amide bonds. The van der Waals surface area contributed by atoms with Crippen LogP contribution in [0.15, 0.2) is 12.7 Å². The Morgan fingerprint density at radius 3 is 3.06 bits per heavy atom. The summed E-state index contributed by atoms with van der Waals surface area (Å²) in [6, 6.07) is 0.724. The van der Waals surface area contributed by atoms with Crippen LogP contribution in [0.25, 0.3) is 0 Å². The number of hydrogen-bond donors (Lipinski definition) is 1. The number of nitrogens with zero attached hydrogens (tertiary/aromatic N) is 1. The summed E-state index contributed by atoms with van der Waals surface area (Å²) in [5, 5.41) is 3.47. The number of piperidine rings is 1. The monoisotopic (exact) mass is 226 g/mol. The Morgan fingerprint density at radius 1 is 1.44 bits per heavy atom. The highest BCUT2D eigenvalue weighted by Crippen LogP contribution is 2.13. The number of ether oxygens (including phenoxy) is 1. The van der Waals surface area contributed by atoms with Crippen molar-refractivity contribution in [2.45, 2.75) is 31.7 Å². The molecule has 0 saturated carbocycles. The van der Waals surface area contributed by atoms with Crippen molar-refractivity contribution >= 4 is 0 Å². The average molecular weight is 226 g/mol. The fraction of sp³-hybridized carbons (Fsp3) is 0.846. The lowest BCUT2D eigenvalue weighted by Gasteiger charge is -2.32. The summed E-state index contributed by atoms with van der Waals surface area (Å²) >= 11 is 0. The summed E-state index contributed by atoms with van der Waals surface area (Å²) in [7, 11) is 2.23. The molecule has 94 valence electrons. The van der Waals surface area contributed by atoms with Crippen LogP contribution in [0.4, 0.5) is 0 Å². The van der Waals surface area contributed by atoms with Crippen LogP contribution >= 0.6 is 0 Å². The van der Waals surface area contributed by atoms with Gasteiger partial charge in [-0.1, -0.05) is 12.5 Å². The van der Waals surface area contributed by atoms with Gasteiger partial charge in [-0.3, -0.25) is 0 Å². The SMILES string of the molecule is C=CCCOCCNCC1CCCCN1C. The van der Waals surface area contributed by atoms with E-state index in [4.69, 9.17) is 4.74 Å². The van der Waals surface area contributed by atoms with E-state index in [2.05, 4.69) is 23.8 Å². The van der Waals surface area contributed by atoms with Gasteiger partial charge in [-0.25, -0.2) is 0 Å². The average Bonchev–Trinajstić information content (AvgIpc) is 2.30. The van der Waals surface area contributed by atoms with Gasteiger partial charge >= 0.3 is 0 Å². The van der Waals surface area contributed by atoms with Crippen LogP contribution in [-0.4, -0.2) is 50.8 Å². The highest BCUT2D eigenvalue weighted by molar-refractivity contribution is 4.75. The first-order valence-corrected chi connectivity index (χ1v) is 6.44. The molecule has 1 aliphatic rings. The highest BCUT2D eigenvalue weighted by atomic mass is 16.5. The van der Waals surface area contributed by atoms with Crippen molar-refractivity contribution in [1.29, 1.82) is 0 Å². The molecule has 1 fully saturated rings. The van der Waals surface area contributed by atoms with Crippen molar-refractivity contribution in [3.8, 4) is 0 Å². The van der Waals surface area contributed by atoms with Crippen LogP contribution in [0.2, 0.25) is 0 Å². The molecule has 1 rings (SSSR count). The summed E-state index contributed by atoms with van der Waals surface area (Å²) in [6.45, 7) is 8.58. The van der Waals surface area contributed by atoms with E-state index in [1.807, 2.05) is 6.08 Å². The third-order valence-corrected chi connectivity index (χ3v) is 3.19. The van der Waals surface area contributed by atoms with E-state index in [0.717, 1.165) is 38.8 Å². The molecule has 0 aromatic rings. The minimum atomic E-state index is 0.724. The first-order valence-electron chi connectivity index (χ1n) is 6.44. The standard InChI is InChI=1S/C13H26N2O/c1-3-4-10-16-11-8-14-12-13-7-5-6-9-15(13)2/h3,13-14H,1,4-12H2,2H3. The molecule has 0 aromatic heterocycles. The molecule has 1 N–H and O–H groups in total. The molecule has 1 saturated heterocycles. The minimum Gasteiger partial charge on any atom is -0.380 e. The molecule has 1 unspecified atom stereocenters. The predicted octanol–water partition coefficient (Wildman–Crippen LogP) is 1.65. The number of hydrogen-bond acceptors (Lipinski definition) is 3. The van der Waals surface area contributed by atoms with Gasteiger partial charge in [0.25, 0.3) is 0 Å². The van der Waals surface area contributed by atoms with Crippen LogP contribution in [0, 0.1) is 0 Å². The van der Waals surface area contributed by atoms with Crippen LogP contribution in [-0.2, 0) is 4.74 Å². The van der Waals surface area contributed by atoms with Gasteiger partial charge in [0.2, 0.25) is 0 Å². The molecule has 0 radical (unpaired) electrons. The van der Waals surface area contributed by atoms with Crippen LogP contribution < -0.4 is 5.32 Å². The Morgan fingerprint density at radius 2 is 2.31 bits per heavy atom. The third kappa shape index (κ3) is 5.64. The first-order chi connectivity index (χ1) is 7.84. The van der Waals surface area contributed by atoms with Crippen LogP contribution in [0.5, 0.6) is 0 Å². The van der Waals surface area contributed by atoms with Crippen molar-refractivity contribution in [1.82, 2.24) is 10.2 Å². The normalized spacial score (nSPS) is 22.2. The molecule has 0 aliphatic carbocycles. The molecular formula is C13H26N2O. The molecule has 1 aliphatic heterocycles. The smallest absolute Gasteiger partial charge is 0.0591 e. The van der Waals surface area contributed by atoms with Gasteiger partial charge < -0.3 is 15.0 Å². The molecule has 0 bridgehead atoms. The van der Waals surface area contributed by atoms with Crippen LogP contribution in [0.3, 0.4) is 0 Å². The quantitative estimate of drug-likeness (QED) is 0.503. The number of rotatable bonds is 8. The number of likely N-dealkylation sites (tertiary alicyclic amines) is 1. The Labute approximate surface area is 99.8 Å². The molecular weight excluding hydrogens is 200 g/mol. The van der Waals surface area contributed by atoms with Gasteiger partial charge in [-0.15, -0.1) is 6.58 Å². The van der Waals surface area contributed by atoms with Gasteiger partial charge in [0.15, 0.2) is 0 Å². The van der Waals surface area contributed by atoms with E-state index >= 15 is 0 Å². The lowest BCUT2D eigenvalue weighted by Crippen LogP contribution is -2.43. The van der Waals surface area contributed by atoms with Gasteiger partial charge in [-0.05, 0) is 32.9 Å². The second-order valence-electron chi connectivity index (χ2n) is 4.52. The zero-order valence-electron chi connectivity index (χ0n) is 10.6.